The Morgan fingerprint density at radius 2 is 1.86 bits per heavy atom. The SMILES string of the molecule is Cc1nn2c(=O)c([N+](=O)[O-])c(-c3ccccc3)[nH]c2c1-c1ccc(Cl)cc1Cl. The zero-order valence-electron chi connectivity index (χ0n) is 14.4. The number of nitro groups is 1. The van der Waals surface area contributed by atoms with Gasteiger partial charge in [-0.3, -0.25) is 14.9 Å². The summed E-state index contributed by atoms with van der Waals surface area (Å²) in [6.07, 6.45) is 0. The summed E-state index contributed by atoms with van der Waals surface area (Å²) in [4.78, 5) is 26.8. The monoisotopic (exact) mass is 414 g/mol. The summed E-state index contributed by atoms with van der Waals surface area (Å²) >= 11 is 12.3. The highest BCUT2D eigenvalue weighted by Gasteiger charge is 2.27. The van der Waals surface area contributed by atoms with Gasteiger partial charge in [-0.15, -0.1) is 0 Å². The number of aromatic amines is 1. The fourth-order valence-electron chi connectivity index (χ4n) is 3.17. The lowest BCUT2D eigenvalue weighted by Gasteiger charge is -2.07. The number of nitrogens with zero attached hydrogens (tertiary/aromatic N) is 3. The molecule has 0 bridgehead atoms. The van der Waals surface area contributed by atoms with Gasteiger partial charge in [0.15, 0.2) is 0 Å². The molecule has 0 aliphatic heterocycles. The largest absolute Gasteiger partial charge is 0.359 e. The summed E-state index contributed by atoms with van der Waals surface area (Å²) in [5.74, 6) is 0. The van der Waals surface area contributed by atoms with Crippen LogP contribution in [0.4, 0.5) is 5.69 Å². The van der Waals surface area contributed by atoms with Gasteiger partial charge >= 0.3 is 11.2 Å². The van der Waals surface area contributed by atoms with E-state index in [1.165, 1.54) is 0 Å². The lowest BCUT2D eigenvalue weighted by atomic mass is 10.1. The van der Waals surface area contributed by atoms with E-state index in [0.29, 0.717) is 38.1 Å². The molecule has 28 heavy (non-hydrogen) atoms. The minimum Gasteiger partial charge on any atom is -0.333 e. The molecular formula is C19H12Cl2N4O3. The highest BCUT2D eigenvalue weighted by atomic mass is 35.5. The number of nitrogens with one attached hydrogen (secondary N) is 1. The fourth-order valence-corrected chi connectivity index (χ4v) is 3.68. The average molecular weight is 415 g/mol. The van der Waals surface area contributed by atoms with Gasteiger partial charge in [0.1, 0.15) is 11.3 Å². The Morgan fingerprint density at radius 3 is 2.50 bits per heavy atom. The van der Waals surface area contributed by atoms with Gasteiger partial charge in [0.2, 0.25) is 0 Å². The number of hydrogen-bond donors (Lipinski definition) is 1. The van der Waals surface area contributed by atoms with E-state index in [1.807, 2.05) is 0 Å². The van der Waals surface area contributed by atoms with E-state index in [2.05, 4.69) is 10.1 Å². The predicted octanol–water partition coefficient (Wildman–Crippen LogP) is 4.88. The van der Waals surface area contributed by atoms with Crippen LogP contribution in [0.1, 0.15) is 5.69 Å². The second-order valence-electron chi connectivity index (χ2n) is 6.12. The molecule has 140 valence electrons. The molecular weight excluding hydrogens is 403 g/mol. The lowest BCUT2D eigenvalue weighted by molar-refractivity contribution is -0.385. The minimum atomic E-state index is -0.822. The van der Waals surface area contributed by atoms with Gasteiger partial charge in [-0.1, -0.05) is 59.6 Å². The van der Waals surface area contributed by atoms with E-state index >= 15 is 0 Å². The maximum absolute atomic E-state index is 12.9. The second kappa shape index (κ2) is 6.78. The van der Waals surface area contributed by atoms with Crippen molar-refractivity contribution in [3.8, 4) is 22.4 Å². The molecule has 0 spiro atoms. The first kappa shape index (κ1) is 18.2. The number of H-pyrrole nitrogens is 1. The lowest BCUT2D eigenvalue weighted by Crippen LogP contribution is -2.20. The van der Waals surface area contributed by atoms with Crippen LogP contribution in [0.15, 0.2) is 53.3 Å². The van der Waals surface area contributed by atoms with Gasteiger partial charge in [-0.25, -0.2) is 0 Å². The molecule has 0 atom stereocenters. The van der Waals surface area contributed by atoms with Crippen LogP contribution in [-0.2, 0) is 0 Å². The third-order valence-corrected chi connectivity index (χ3v) is 4.93. The number of rotatable bonds is 3. The first-order chi connectivity index (χ1) is 13.4. The van der Waals surface area contributed by atoms with Crippen LogP contribution >= 0.6 is 23.2 Å². The molecule has 0 aliphatic rings. The number of hydrogen-bond acceptors (Lipinski definition) is 4. The van der Waals surface area contributed by atoms with Crippen molar-refractivity contribution in [1.29, 1.82) is 0 Å². The molecule has 4 aromatic rings. The molecule has 2 aromatic heterocycles. The third kappa shape index (κ3) is 2.85. The summed E-state index contributed by atoms with van der Waals surface area (Å²) in [5.41, 5.74) is 1.23. The van der Waals surface area contributed by atoms with Crippen LogP contribution in [0.2, 0.25) is 10.0 Å². The van der Waals surface area contributed by atoms with Gasteiger partial charge in [-0.2, -0.15) is 9.61 Å². The first-order valence-corrected chi connectivity index (χ1v) is 8.95. The molecule has 0 amide bonds. The highest BCUT2D eigenvalue weighted by molar-refractivity contribution is 6.36. The summed E-state index contributed by atoms with van der Waals surface area (Å²) in [5, 5.41) is 16.7. The molecule has 0 fully saturated rings. The topological polar surface area (TPSA) is 93.3 Å². The summed E-state index contributed by atoms with van der Waals surface area (Å²) in [6.45, 7) is 1.70. The van der Waals surface area contributed by atoms with E-state index in [-0.39, 0.29) is 5.69 Å². The van der Waals surface area contributed by atoms with Crippen molar-refractivity contribution < 1.29 is 4.92 Å². The Balaban J connectivity index is 2.13. The van der Waals surface area contributed by atoms with E-state index in [4.69, 9.17) is 23.2 Å². The smallest absolute Gasteiger partial charge is 0.333 e. The van der Waals surface area contributed by atoms with Crippen molar-refractivity contribution >= 4 is 34.5 Å². The van der Waals surface area contributed by atoms with E-state index in [0.717, 1.165) is 4.52 Å². The standard InChI is InChI=1S/C19H12Cl2N4O3/c1-10-15(13-8-7-12(20)9-14(13)21)18-22-16(11-5-3-2-4-6-11)17(25(27)28)19(26)24(18)23-10/h2-9,22H,1H3. The molecule has 0 radical (unpaired) electrons. The van der Waals surface area contributed by atoms with Crippen LogP contribution in [0.5, 0.6) is 0 Å². The Hall–Kier alpha value is -3.16. The number of fused-ring (bicyclic) bond motifs is 1. The summed E-state index contributed by atoms with van der Waals surface area (Å²) < 4.78 is 1.00. The predicted molar refractivity (Wildman–Crippen MR) is 108 cm³/mol. The van der Waals surface area contributed by atoms with Crippen LogP contribution in [0.3, 0.4) is 0 Å². The fraction of sp³-hybridized carbons (Fsp3) is 0.0526. The Labute approximate surface area is 168 Å². The van der Waals surface area contributed by atoms with Gasteiger partial charge < -0.3 is 4.98 Å². The molecule has 1 N–H and O–H groups in total. The maximum atomic E-state index is 12.9. The molecule has 2 heterocycles. The van der Waals surface area contributed by atoms with Gasteiger partial charge in [0.05, 0.1) is 15.6 Å². The molecule has 7 nitrogen and oxygen atoms in total. The van der Waals surface area contributed by atoms with Crippen molar-refractivity contribution in [2.24, 2.45) is 0 Å². The second-order valence-corrected chi connectivity index (χ2v) is 6.97. The molecule has 0 saturated heterocycles. The van der Waals surface area contributed by atoms with Crippen molar-refractivity contribution in [3.63, 3.8) is 0 Å². The van der Waals surface area contributed by atoms with Crippen LogP contribution in [0.25, 0.3) is 28.0 Å². The van der Waals surface area contributed by atoms with Gasteiger partial charge in [0, 0.05) is 21.7 Å². The van der Waals surface area contributed by atoms with E-state index in [1.54, 1.807) is 55.5 Å². The first-order valence-electron chi connectivity index (χ1n) is 8.19. The molecule has 0 aliphatic carbocycles. The summed E-state index contributed by atoms with van der Waals surface area (Å²) in [6, 6.07) is 13.6. The highest BCUT2D eigenvalue weighted by Crippen LogP contribution is 2.36. The Morgan fingerprint density at radius 1 is 1.14 bits per heavy atom. The zero-order valence-corrected chi connectivity index (χ0v) is 16.0. The number of halogens is 2. The minimum absolute atomic E-state index is 0.106. The Kier molecular flexibility index (Phi) is 4.41. The number of aryl methyl sites for hydroxylation is 1. The molecule has 0 saturated carbocycles. The molecule has 9 heteroatoms. The van der Waals surface area contributed by atoms with Crippen LogP contribution in [-0.4, -0.2) is 19.5 Å². The van der Waals surface area contributed by atoms with E-state index in [9.17, 15) is 14.9 Å². The van der Waals surface area contributed by atoms with E-state index < -0.39 is 16.2 Å². The van der Waals surface area contributed by atoms with Gasteiger partial charge in [0.25, 0.3) is 0 Å². The summed E-state index contributed by atoms with van der Waals surface area (Å²) in [7, 11) is 0. The maximum Gasteiger partial charge on any atom is 0.359 e. The number of benzene rings is 2. The van der Waals surface area contributed by atoms with Gasteiger partial charge in [-0.05, 0) is 19.1 Å². The quantitative estimate of drug-likeness (QED) is 0.381. The van der Waals surface area contributed by atoms with Crippen molar-refractivity contribution in [1.82, 2.24) is 14.6 Å². The Bertz CT molecular complexity index is 1300. The zero-order chi connectivity index (χ0) is 20.0. The normalized spacial score (nSPS) is 11.1. The number of aromatic nitrogens is 3. The molecule has 2 aromatic carbocycles. The molecule has 0 unspecified atom stereocenters. The van der Waals surface area contributed by atoms with Crippen LogP contribution in [0, 0.1) is 17.0 Å². The third-order valence-electron chi connectivity index (χ3n) is 4.38. The van der Waals surface area contributed by atoms with Crippen LogP contribution < -0.4 is 5.56 Å². The average Bonchev–Trinajstić information content (AvgIpc) is 2.98. The molecule has 4 rings (SSSR count). The van der Waals surface area contributed by atoms with Crippen molar-refractivity contribution in [3.05, 3.63) is 84.7 Å². The van der Waals surface area contributed by atoms with Crippen molar-refractivity contribution in [2.45, 2.75) is 6.92 Å². The van der Waals surface area contributed by atoms with Crippen molar-refractivity contribution in [2.75, 3.05) is 0 Å².